The van der Waals surface area contributed by atoms with Crippen molar-refractivity contribution in [2.75, 3.05) is 26.2 Å². The number of benzene rings is 2. The van der Waals surface area contributed by atoms with E-state index in [1.807, 2.05) is 31.2 Å². The molecule has 0 aromatic heterocycles. The summed E-state index contributed by atoms with van der Waals surface area (Å²) in [5, 5.41) is 14.1. The summed E-state index contributed by atoms with van der Waals surface area (Å²) >= 11 is 0. The lowest BCUT2D eigenvalue weighted by Crippen LogP contribution is -2.53. The third-order valence-electron chi connectivity index (χ3n) is 6.00. The second-order valence-corrected chi connectivity index (χ2v) is 10.3. The summed E-state index contributed by atoms with van der Waals surface area (Å²) in [5.74, 6) is 0.428. The number of nitro benzene ring substituents is 1. The number of hydrogen-bond donors (Lipinski definition) is 1. The highest BCUT2D eigenvalue weighted by atomic mass is 32.2. The first-order valence-electron chi connectivity index (χ1n) is 10.6. The maximum absolute atomic E-state index is 12.9. The Morgan fingerprint density at radius 2 is 1.75 bits per heavy atom. The van der Waals surface area contributed by atoms with E-state index in [0.717, 1.165) is 30.0 Å². The molecule has 1 atom stereocenters. The first-order chi connectivity index (χ1) is 15.3. The maximum Gasteiger partial charge on any atom is 0.317 e. The number of urea groups is 1. The summed E-state index contributed by atoms with van der Waals surface area (Å²) < 4.78 is 27.1. The van der Waals surface area contributed by atoms with Crippen LogP contribution >= 0.6 is 0 Å². The first kappa shape index (κ1) is 22.2. The van der Waals surface area contributed by atoms with E-state index in [1.165, 1.54) is 22.5 Å². The van der Waals surface area contributed by atoms with Gasteiger partial charge < -0.3 is 10.2 Å². The molecule has 2 aromatic carbocycles. The number of non-ortho nitro benzene ring substituents is 1. The Morgan fingerprint density at radius 3 is 2.34 bits per heavy atom. The van der Waals surface area contributed by atoms with Gasteiger partial charge in [0.15, 0.2) is 0 Å². The van der Waals surface area contributed by atoms with Crippen molar-refractivity contribution in [3.05, 3.63) is 69.8 Å². The number of rotatable bonds is 6. The summed E-state index contributed by atoms with van der Waals surface area (Å²) in [5.41, 5.74) is 1.97. The Bertz CT molecular complexity index is 1110. The molecule has 1 aliphatic heterocycles. The Kier molecular flexibility index (Phi) is 6.16. The molecule has 0 unspecified atom stereocenters. The number of nitrogens with zero attached hydrogens (tertiary/aromatic N) is 3. The Morgan fingerprint density at radius 1 is 1.09 bits per heavy atom. The molecule has 10 heteroatoms. The molecule has 2 aliphatic rings. The molecule has 2 fully saturated rings. The quantitative estimate of drug-likeness (QED) is 0.528. The first-order valence-corrected chi connectivity index (χ1v) is 12.1. The molecule has 4 rings (SSSR count). The number of carbonyl (C=O) groups excluding carboxylic acids is 1. The highest BCUT2D eigenvalue weighted by molar-refractivity contribution is 7.89. The minimum atomic E-state index is -3.87. The summed E-state index contributed by atoms with van der Waals surface area (Å²) in [6, 6.07) is 12.9. The van der Waals surface area contributed by atoms with Gasteiger partial charge in [0.05, 0.1) is 15.9 Å². The van der Waals surface area contributed by atoms with Gasteiger partial charge in [0.25, 0.3) is 5.69 Å². The van der Waals surface area contributed by atoms with Gasteiger partial charge in [0.1, 0.15) is 0 Å². The maximum atomic E-state index is 12.9. The molecule has 9 nitrogen and oxygen atoms in total. The van der Waals surface area contributed by atoms with Crippen LogP contribution in [-0.2, 0) is 10.0 Å². The zero-order chi connectivity index (χ0) is 22.9. The van der Waals surface area contributed by atoms with Gasteiger partial charge in [-0.1, -0.05) is 35.9 Å². The van der Waals surface area contributed by atoms with E-state index in [4.69, 9.17) is 0 Å². The van der Waals surface area contributed by atoms with Crippen LogP contribution in [0.5, 0.6) is 0 Å². The predicted octanol–water partition coefficient (Wildman–Crippen LogP) is 3.07. The zero-order valence-electron chi connectivity index (χ0n) is 17.8. The van der Waals surface area contributed by atoms with Crippen LogP contribution in [0.1, 0.15) is 30.0 Å². The van der Waals surface area contributed by atoms with Crippen LogP contribution in [0.25, 0.3) is 0 Å². The van der Waals surface area contributed by atoms with E-state index in [-0.39, 0.29) is 48.8 Å². The molecule has 0 spiro atoms. The lowest BCUT2D eigenvalue weighted by Gasteiger charge is -2.35. The molecule has 1 N–H and O–H groups in total. The van der Waals surface area contributed by atoms with E-state index in [2.05, 4.69) is 5.32 Å². The van der Waals surface area contributed by atoms with E-state index >= 15 is 0 Å². The van der Waals surface area contributed by atoms with Gasteiger partial charge in [0.2, 0.25) is 10.0 Å². The van der Waals surface area contributed by atoms with Gasteiger partial charge >= 0.3 is 6.03 Å². The summed E-state index contributed by atoms with van der Waals surface area (Å²) in [6.07, 6.45) is 2.15. The number of carbonyl (C=O) groups is 1. The van der Waals surface area contributed by atoms with Crippen LogP contribution in [0.3, 0.4) is 0 Å². The lowest BCUT2D eigenvalue weighted by molar-refractivity contribution is -0.385. The molecule has 1 aliphatic carbocycles. The van der Waals surface area contributed by atoms with Crippen molar-refractivity contribution in [1.82, 2.24) is 14.5 Å². The van der Waals surface area contributed by atoms with Gasteiger partial charge in [0, 0.05) is 38.3 Å². The number of piperazine rings is 1. The van der Waals surface area contributed by atoms with Gasteiger partial charge in [-0.25, -0.2) is 13.2 Å². The fourth-order valence-corrected chi connectivity index (χ4v) is 5.40. The minimum Gasteiger partial charge on any atom is -0.331 e. The van der Waals surface area contributed by atoms with Crippen molar-refractivity contribution in [1.29, 1.82) is 0 Å². The third kappa shape index (κ3) is 4.76. The van der Waals surface area contributed by atoms with Gasteiger partial charge in [-0.05, 0) is 37.3 Å². The van der Waals surface area contributed by atoms with Crippen molar-refractivity contribution in [3.8, 4) is 0 Å². The molecular formula is C22H26N4O5S. The molecular weight excluding hydrogens is 432 g/mol. The average molecular weight is 459 g/mol. The van der Waals surface area contributed by atoms with Crippen molar-refractivity contribution < 1.29 is 18.1 Å². The van der Waals surface area contributed by atoms with Crippen LogP contribution in [0.2, 0.25) is 0 Å². The molecule has 0 bridgehead atoms. The molecule has 170 valence electrons. The van der Waals surface area contributed by atoms with Gasteiger partial charge in [-0.2, -0.15) is 4.31 Å². The average Bonchev–Trinajstić information content (AvgIpc) is 3.63. The standard InChI is InChI=1S/C22H26N4O5S/c1-16-5-7-17(8-6-16)21(18-9-10-18)23-22(27)24-11-13-25(14-12-24)32(30,31)20-4-2-3-19(15-20)26(28)29/h2-8,15,18,21H,9-14H2,1H3,(H,23,27)/t21-/m0/s1. The monoisotopic (exact) mass is 458 g/mol. The lowest BCUT2D eigenvalue weighted by atomic mass is 10.0. The smallest absolute Gasteiger partial charge is 0.317 e. The number of hydrogen-bond acceptors (Lipinski definition) is 5. The number of amides is 2. The van der Waals surface area contributed by atoms with Crippen molar-refractivity contribution in [2.24, 2.45) is 5.92 Å². The molecule has 1 heterocycles. The van der Waals surface area contributed by atoms with Crippen LogP contribution in [0.4, 0.5) is 10.5 Å². The molecule has 2 amide bonds. The fourth-order valence-electron chi connectivity index (χ4n) is 3.94. The molecule has 32 heavy (non-hydrogen) atoms. The number of nitrogens with one attached hydrogen (secondary N) is 1. The SMILES string of the molecule is Cc1ccc([C@H](NC(=O)N2CCN(S(=O)(=O)c3cccc([N+](=O)[O-])c3)CC2)C2CC2)cc1. The highest BCUT2D eigenvalue weighted by Gasteiger charge is 2.36. The molecule has 1 saturated heterocycles. The summed E-state index contributed by atoms with van der Waals surface area (Å²) in [4.78, 5) is 24.8. The van der Waals surface area contributed by atoms with E-state index in [1.54, 1.807) is 4.90 Å². The molecule has 2 aromatic rings. The summed E-state index contributed by atoms with van der Waals surface area (Å²) in [6.45, 7) is 2.81. The Balaban J connectivity index is 1.39. The van der Waals surface area contributed by atoms with E-state index in [9.17, 15) is 23.3 Å². The largest absolute Gasteiger partial charge is 0.331 e. The third-order valence-corrected chi connectivity index (χ3v) is 7.90. The van der Waals surface area contributed by atoms with Crippen LogP contribution in [-0.4, -0.2) is 54.8 Å². The number of sulfonamides is 1. The topological polar surface area (TPSA) is 113 Å². The zero-order valence-corrected chi connectivity index (χ0v) is 18.6. The van der Waals surface area contributed by atoms with Gasteiger partial charge in [-0.15, -0.1) is 0 Å². The van der Waals surface area contributed by atoms with Crippen LogP contribution in [0, 0.1) is 23.0 Å². The molecule has 1 saturated carbocycles. The second kappa shape index (κ2) is 8.87. The van der Waals surface area contributed by atoms with Crippen molar-refractivity contribution >= 4 is 21.7 Å². The van der Waals surface area contributed by atoms with Crippen LogP contribution < -0.4 is 5.32 Å². The second-order valence-electron chi connectivity index (χ2n) is 8.32. The highest BCUT2D eigenvalue weighted by Crippen LogP contribution is 2.41. The van der Waals surface area contributed by atoms with Crippen molar-refractivity contribution in [3.63, 3.8) is 0 Å². The van der Waals surface area contributed by atoms with Crippen molar-refractivity contribution in [2.45, 2.75) is 30.7 Å². The van der Waals surface area contributed by atoms with Gasteiger partial charge in [-0.3, -0.25) is 10.1 Å². The minimum absolute atomic E-state index is 0.0465. The van der Waals surface area contributed by atoms with E-state index in [0.29, 0.717) is 5.92 Å². The van der Waals surface area contributed by atoms with Crippen LogP contribution in [0.15, 0.2) is 53.4 Å². The summed E-state index contributed by atoms with van der Waals surface area (Å²) in [7, 11) is -3.87. The fraction of sp³-hybridized carbons (Fsp3) is 0.409. The predicted molar refractivity (Wildman–Crippen MR) is 119 cm³/mol. The Labute approximate surface area is 187 Å². The molecule has 0 radical (unpaired) electrons. The number of aryl methyl sites for hydroxylation is 1. The number of nitro groups is 1. The normalized spacial score (nSPS) is 18.2. The van der Waals surface area contributed by atoms with E-state index < -0.39 is 14.9 Å². The Hall–Kier alpha value is -2.98.